The maximum atomic E-state index is 13.3. The van der Waals surface area contributed by atoms with Crippen molar-refractivity contribution in [2.24, 2.45) is 0 Å². The fourth-order valence-corrected chi connectivity index (χ4v) is 4.67. The zero-order valence-electron chi connectivity index (χ0n) is 21.9. The van der Waals surface area contributed by atoms with Gasteiger partial charge in [-0.2, -0.15) is 0 Å². The Labute approximate surface area is 214 Å². The molecule has 0 aliphatic rings. The third kappa shape index (κ3) is 8.44. The van der Waals surface area contributed by atoms with Crippen LogP contribution in [-0.2, 0) is 26.2 Å². The van der Waals surface area contributed by atoms with E-state index in [2.05, 4.69) is 5.32 Å². The van der Waals surface area contributed by atoms with Crippen molar-refractivity contribution in [1.29, 1.82) is 0 Å². The minimum absolute atomic E-state index is 0.0680. The Morgan fingerprint density at radius 1 is 0.972 bits per heavy atom. The second-order valence-electron chi connectivity index (χ2n) is 8.85. The van der Waals surface area contributed by atoms with Crippen LogP contribution in [0.1, 0.15) is 39.2 Å². The van der Waals surface area contributed by atoms with Crippen LogP contribution < -0.4 is 19.1 Å². The van der Waals surface area contributed by atoms with E-state index < -0.39 is 16.1 Å². The monoisotopic (exact) mass is 519 g/mol. The van der Waals surface area contributed by atoms with Crippen molar-refractivity contribution < 1.29 is 27.5 Å². The first kappa shape index (κ1) is 29.0. The molecule has 10 heteroatoms. The molecule has 9 nitrogen and oxygen atoms in total. The van der Waals surface area contributed by atoms with Gasteiger partial charge in [-0.05, 0) is 69.2 Å². The summed E-state index contributed by atoms with van der Waals surface area (Å²) in [5, 5.41) is 2.86. The first-order chi connectivity index (χ1) is 17.0. The highest BCUT2D eigenvalue weighted by Gasteiger charge is 2.27. The van der Waals surface area contributed by atoms with Gasteiger partial charge in [0.2, 0.25) is 21.8 Å². The Kier molecular flexibility index (Phi) is 10.6. The van der Waals surface area contributed by atoms with Gasteiger partial charge in [0.25, 0.3) is 0 Å². The molecule has 1 unspecified atom stereocenters. The predicted molar refractivity (Wildman–Crippen MR) is 141 cm³/mol. The summed E-state index contributed by atoms with van der Waals surface area (Å²) < 4.78 is 36.6. The van der Waals surface area contributed by atoms with Crippen LogP contribution in [-0.4, -0.2) is 64.2 Å². The van der Waals surface area contributed by atoms with E-state index in [0.29, 0.717) is 17.2 Å². The molecular formula is C26H37N3O6S. The van der Waals surface area contributed by atoms with Gasteiger partial charge in [0.15, 0.2) is 0 Å². The third-order valence-corrected chi connectivity index (χ3v) is 6.79. The molecule has 0 saturated heterocycles. The summed E-state index contributed by atoms with van der Waals surface area (Å²) in [7, 11) is -0.463. The summed E-state index contributed by atoms with van der Waals surface area (Å²) in [5.74, 6) is 0.774. The van der Waals surface area contributed by atoms with Gasteiger partial charge >= 0.3 is 0 Å². The lowest BCUT2D eigenvalue weighted by atomic mass is 10.1. The molecule has 2 aromatic rings. The predicted octanol–water partition coefficient (Wildman–Crippen LogP) is 3.19. The maximum absolute atomic E-state index is 13.3. The number of nitrogens with one attached hydrogen (secondary N) is 1. The number of amides is 2. The van der Waals surface area contributed by atoms with E-state index in [4.69, 9.17) is 9.47 Å². The van der Waals surface area contributed by atoms with Crippen LogP contribution in [0.2, 0.25) is 0 Å². The molecule has 2 rings (SSSR count). The molecule has 0 aliphatic heterocycles. The second-order valence-corrected chi connectivity index (χ2v) is 10.8. The Morgan fingerprint density at radius 2 is 1.61 bits per heavy atom. The Bertz CT molecular complexity index is 1120. The summed E-state index contributed by atoms with van der Waals surface area (Å²) in [6, 6.07) is 13.2. The molecule has 0 fully saturated rings. The Balaban J connectivity index is 2.18. The van der Waals surface area contributed by atoms with E-state index in [9.17, 15) is 18.0 Å². The number of hydrogen-bond donors (Lipinski definition) is 1. The topological polar surface area (TPSA) is 105 Å². The lowest BCUT2D eigenvalue weighted by Crippen LogP contribution is -2.49. The van der Waals surface area contributed by atoms with Gasteiger partial charge in [-0.15, -0.1) is 0 Å². The highest BCUT2D eigenvalue weighted by atomic mass is 32.2. The van der Waals surface area contributed by atoms with Gasteiger partial charge in [0.05, 0.1) is 26.2 Å². The van der Waals surface area contributed by atoms with Crippen LogP contribution in [0.3, 0.4) is 0 Å². The molecular weight excluding hydrogens is 482 g/mol. The number of ether oxygens (including phenoxy) is 2. The van der Waals surface area contributed by atoms with E-state index in [1.165, 1.54) is 16.3 Å². The number of hydrogen-bond acceptors (Lipinski definition) is 6. The van der Waals surface area contributed by atoms with E-state index in [-0.39, 0.29) is 43.8 Å². The summed E-state index contributed by atoms with van der Waals surface area (Å²) in [6.07, 6.45) is 1.49. The van der Waals surface area contributed by atoms with Crippen LogP contribution in [0.15, 0.2) is 48.5 Å². The van der Waals surface area contributed by atoms with Crippen molar-refractivity contribution in [2.45, 2.75) is 52.2 Å². The molecule has 0 aliphatic carbocycles. The Morgan fingerprint density at radius 3 is 2.17 bits per heavy atom. The molecule has 0 aromatic heterocycles. The normalized spacial score (nSPS) is 12.1. The zero-order chi connectivity index (χ0) is 26.9. The smallest absolute Gasteiger partial charge is 0.242 e. The molecule has 1 atom stereocenters. The van der Waals surface area contributed by atoms with Gasteiger partial charge in [-0.1, -0.05) is 12.1 Å². The number of rotatable bonds is 13. The van der Waals surface area contributed by atoms with Crippen molar-refractivity contribution in [3.8, 4) is 11.5 Å². The number of nitrogens with zero attached hydrogens (tertiary/aromatic N) is 2. The quantitative estimate of drug-likeness (QED) is 0.436. The lowest BCUT2D eigenvalue weighted by molar-refractivity contribution is -0.140. The lowest BCUT2D eigenvalue weighted by Gasteiger charge is -2.30. The second kappa shape index (κ2) is 13.2. The highest BCUT2D eigenvalue weighted by Crippen LogP contribution is 2.22. The van der Waals surface area contributed by atoms with Gasteiger partial charge in [0.1, 0.15) is 17.5 Å². The number of carbonyl (C=O) groups is 2. The van der Waals surface area contributed by atoms with Crippen LogP contribution in [0.5, 0.6) is 11.5 Å². The first-order valence-corrected chi connectivity index (χ1v) is 13.7. The van der Waals surface area contributed by atoms with Gasteiger partial charge in [-0.3, -0.25) is 13.9 Å². The molecule has 36 heavy (non-hydrogen) atoms. The average Bonchev–Trinajstić information content (AvgIpc) is 2.83. The number of sulfonamides is 1. The van der Waals surface area contributed by atoms with E-state index >= 15 is 0 Å². The van der Waals surface area contributed by atoms with Crippen molar-refractivity contribution in [1.82, 2.24) is 10.2 Å². The van der Waals surface area contributed by atoms with Crippen molar-refractivity contribution in [2.75, 3.05) is 31.3 Å². The number of benzene rings is 2. The standard InChI is InChI=1S/C26H37N3O6S/c1-19(2)27-26(31)20(3)28(18-21-9-7-10-24(17-21)35-5)25(30)11-8-16-29(36(6,32)33)22-12-14-23(34-4)15-13-22/h7,9-10,12-15,17,19-20H,8,11,16,18H2,1-6H3,(H,27,31). The van der Waals surface area contributed by atoms with Crippen molar-refractivity contribution >= 4 is 27.5 Å². The van der Waals surface area contributed by atoms with E-state index in [1.54, 1.807) is 38.3 Å². The summed E-state index contributed by atoms with van der Waals surface area (Å²) >= 11 is 0. The summed E-state index contributed by atoms with van der Waals surface area (Å²) in [5.41, 5.74) is 1.31. The van der Waals surface area contributed by atoms with Crippen LogP contribution in [0, 0.1) is 0 Å². The minimum Gasteiger partial charge on any atom is -0.497 e. The minimum atomic E-state index is -3.57. The molecule has 2 aromatic carbocycles. The highest BCUT2D eigenvalue weighted by molar-refractivity contribution is 7.92. The van der Waals surface area contributed by atoms with Crippen molar-refractivity contribution in [3.05, 3.63) is 54.1 Å². The number of anilines is 1. The molecule has 0 radical (unpaired) electrons. The van der Waals surface area contributed by atoms with Gasteiger partial charge in [0, 0.05) is 25.6 Å². The first-order valence-electron chi connectivity index (χ1n) is 11.8. The van der Waals surface area contributed by atoms with Crippen molar-refractivity contribution in [3.63, 3.8) is 0 Å². The molecule has 0 saturated carbocycles. The fraction of sp³-hybridized carbons (Fsp3) is 0.462. The SMILES string of the molecule is COc1ccc(N(CCCC(=O)N(Cc2cccc(OC)c2)C(C)C(=O)NC(C)C)S(C)(=O)=O)cc1. The maximum Gasteiger partial charge on any atom is 0.242 e. The van der Waals surface area contributed by atoms with Gasteiger partial charge in [-0.25, -0.2) is 8.42 Å². The summed E-state index contributed by atoms with van der Waals surface area (Å²) in [6.45, 7) is 5.75. The average molecular weight is 520 g/mol. The molecule has 198 valence electrons. The fourth-order valence-electron chi connectivity index (χ4n) is 3.71. The zero-order valence-corrected chi connectivity index (χ0v) is 22.7. The van der Waals surface area contributed by atoms with E-state index in [0.717, 1.165) is 11.8 Å². The largest absolute Gasteiger partial charge is 0.497 e. The van der Waals surface area contributed by atoms with Crippen LogP contribution in [0.4, 0.5) is 5.69 Å². The molecule has 0 heterocycles. The molecule has 1 N–H and O–H groups in total. The van der Waals surface area contributed by atoms with E-state index in [1.807, 2.05) is 38.1 Å². The molecule has 2 amide bonds. The van der Waals surface area contributed by atoms with Gasteiger partial charge < -0.3 is 19.7 Å². The van der Waals surface area contributed by atoms with Crippen LogP contribution >= 0.6 is 0 Å². The Hall–Kier alpha value is -3.27. The number of carbonyl (C=O) groups excluding carboxylic acids is 2. The molecule has 0 spiro atoms. The summed E-state index contributed by atoms with van der Waals surface area (Å²) in [4.78, 5) is 27.6. The number of methoxy groups -OCH3 is 2. The third-order valence-electron chi connectivity index (χ3n) is 5.60. The molecule has 0 bridgehead atoms. The van der Waals surface area contributed by atoms with Crippen LogP contribution in [0.25, 0.3) is 0 Å².